The van der Waals surface area contributed by atoms with E-state index >= 15 is 0 Å². The summed E-state index contributed by atoms with van der Waals surface area (Å²) in [5.74, 6) is 0.985. The Balaban J connectivity index is 1.45. The number of carbonyl (C=O) groups excluding carboxylic acids is 1. The summed E-state index contributed by atoms with van der Waals surface area (Å²) in [7, 11) is 0. The van der Waals surface area contributed by atoms with Crippen molar-refractivity contribution in [1.29, 1.82) is 5.26 Å². The molecule has 36 heavy (non-hydrogen) atoms. The Labute approximate surface area is 212 Å². The number of hydrogen-bond acceptors (Lipinski definition) is 2. The van der Waals surface area contributed by atoms with Crippen molar-refractivity contribution in [1.82, 2.24) is 4.57 Å². The second-order valence-corrected chi connectivity index (χ2v) is 9.76. The molecule has 1 saturated carbocycles. The molecule has 1 aromatic heterocycles. The summed E-state index contributed by atoms with van der Waals surface area (Å²) in [5, 5.41) is 9.06. The van der Waals surface area contributed by atoms with Gasteiger partial charge in [0.2, 0.25) is 5.91 Å². The molecule has 1 heterocycles. The van der Waals surface area contributed by atoms with Gasteiger partial charge in [0.05, 0.1) is 11.6 Å². The highest BCUT2D eigenvalue weighted by Gasteiger charge is 2.51. The van der Waals surface area contributed by atoms with Crippen LogP contribution in [0.2, 0.25) is 0 Å². The average molecular weight is 476 g/mol. The number of rotatable bonds is 7. The SMILES string of the molecule is Cc1n(C2CCC(C(C(N)=O)(c3ccccc3)c3ccccc3)C2)cc[n+]1Cc1ccc(C#N)cc1. The lowest BCUT2D eigenvalue weighted by atomic mass is 9.64. The molecule has 180 valence electrons. The van der Waals surface area contributed by atoms with E-state index in [4.69, 9.17) is 11.0 Å². The fourth-order valence-electron chi connectivity index (χ4n) is 6.08. The zero-order valence-electron chi connectivity index (χ0n) is 20.5. The van der Waals surface area contributed by atoms with Gasteiger partial charge in [-0.3, -0.25) is 4.79 Å². The first-order chi connectivity index (χ1) is 17.5. The molecule has 0 aliphatic heterocycles. The minimum absolute atomic E-state index is 0.0959. The number of benzene rings is 3. The third-order valence-corrected chi connectivity index (χ3v) is 7.89. The zero-order valence-corrected chi connectivity index (χ0v) is 20.5. The number of nitrogens with zero attached hydrogens (tertiary/aromatic N) is 3. The van der Waals surface area contributed by atoms with Gasteiger partial charge >= 0.3 is 0 Å². The Bertz CT molecular complexity index is 1340. The highest BCUT2D eigenvalue weighted by atomic mass is 16.1. The third kappa shape index (κ3) is 4.09. The molecule has 0 radical (unpaired) electrons. The van der Waals surface area contributed by atoms with Crippen molar-refractivity contribution in [3.05, 3.63) is 125 Å². The number of aromatic nitrogens is 2. The molecule has 1 fully saturated rings. The van der Waals surface area contributed by atoms with Crippen LogP contribution in [0.5, 0.6) is 0 Å². The van der Waals surface area contributed by atoms with Gasteiger partial charge in [-0.05, 0) is 54.0 Å². The van der Waals surface area contributed by atoms with Gasteiger partial charge in [-0.1, -0.05) is 72.8 Å². The van der Waals surface area contributed by atoms with Gasteiger partial charge < -0.3 is 5.73 Å². The number of nitriles is 1. The molecule has 1 amide bonds. The molecule has 0 saturated heterocycles. The molecule has 5 nitrogen and oxygen atoms in total. The summed E-state index contributed by atoms with van der Waals surface area (Å²) in [6.45, 7) is 2.90. The van der Waals surface area contributed by atoms with Crippen LogP contribution in [-0.4, -0.2) is 10.5 Å². The van der Waals surface area contributed by atoms with E-state index in [0.29, 0.717) is 11.6 Å². The number of primary amides is 1. The number of nitrogens with two attached hydrogens (primary N) is 1. The largest absolute Gasteiger partial charge is 0.369 e. The lowest BCUT2D eigenvalue weighted by Gasteiger charge is -2.37. The third-order valence-electron chi connectivity index (χ3n) is 7.89. The van der Waals surface area contributed by atoms with Gasteiger partial charge in [0, 0.05) is 6.92 Å². The van der Waals surface area contributed by atoms with E-state index < -0.39 is 5.41 Å². The van der Waals surface area contributed by atoms with Gasteiger partial charge in [0.25, 0.3) is 5.82 Å². The standard InChI is InChI=1S/C31H30N4O/c1-23-34(22-25-14-12-24(21-32)13-15-25)18-19-35(23)29-17-16-28(20-29)31(30(33)36,26-8-4-2-5-9-26)27-10-6-3-7-11-27/h2-15,18-19,28-29H,16-17,20,22H2,1H3,(H-,33,36)/p+1. The number of imidazole rings is 1. The van der Waals surface area contributed by atoms with E-state index in [1.54, 1.807) is 0 Å². The summed E-state index contributed by atoms with van der Waals surface area (Å²) in [4.78, 5) is 13.4. The molecule has 2 atom stereocenters. The molecule has 2 unspecified atom stereocenters. The van der Waals surface area contributed by atoms with E-state index in [2.05, 4.69) is 34.5 Å². The first kappa shape index (κ1) is 23.6. The van der Waals surface area contributed by atoms with E-state index in [1.165, 1.54) is 5.82 Å². The quantitative estimate of drug-likeness (QED) is 0.389. The Morgan fingerprint density at radius 3 is 2.17 bits per heavy atom. The first-order valence-corrected chi connectivity index (χ1v) is 12.5. The van der Waals surface area contributed by atoms with Crippen molar-refractivity contribution in [2.75, 3.05) is 0 Å². The number of amides is 1. The summed E-state index contributed by atoms with van der Waals surface area (Å²) in [5.41, 5.74) is 9.17. The summed E-state index contributed by atoms with van der Waals surface area (Å²) < 4.78 is 4.59. The minimum Gasteiger partial charge on any atom is -0.369 e. The second-order valence-electron chi connectivity index (χ2n) is 9.76. The molecular formula is C31H31N4O+. The lowest BCUT2D eigenvalue weighted by molar-refractivity contribution is -0.694. The molecule has 1 aliphatic carbocycles. The smallest absolute Gasteiger partial charge is 0.253 e. The van der Waals surface area contributed by atoms with Crippen LogP contribution in [0.3, 0.4) is 0 Å². The van der Waals surface area contributed by atoms with Crippen LogP contribution in [-0.2, 0) is 16.8 Å². The molecule has 0 spiro atoms. The van der Waals surface area contributed by atoms with Crippen LogP contribution in [0, 0.1) is 24.2 Å². The zero-order chi connectivity index (χ0) is 25.1. The summed E-state index contributed by atoms with van der Waals surface area (Å²) in [6, 6.07) is 30.3. The van der Waals surface area contributed by atoms with E-state index in [-0.39, 0.29) is 11.8 Å². The maximum atomic E-state index is 13.4. The molecule has 4 aromatic rings. The van der Waals surface area contributed by atoms with Crippen molar-refractivity contribution in [2.45, 2.75) is 44.2 Å². The van der Waals surface area contributed by atoms with Gasteiger partial charge in [0.1, 0.15) is 30.4 Å². The first-order valence-electron chi connectivity index (χ1n) is 12.5. The maximum absolute atomic E-state index is 13.4. The Morgan fingerprint density at radius 2 is 1.61 bits per heavy atom. The Hall–Kier alpha value is -4.17. The Kier molecular flexibility index (Phi) is 6.43. The topological polar surface area (TPSA) is 75.7 Å². The van der Waals surface area contributed by atoms with Gasteiger partial charge in [-0.15, -0.1) is 0 Å². The van der Waals surface area contributed by atoms with Crippen LogP contribution < -0.4 is 10.3 Å². The predicted octanol–water partition coefficient (Wildman–Crippen LogP) is 4.82. The van der Waals surface area contributed by atoms with Crippen LogP contribution in [0.4, 0.5) is 0 Å². The van der Waals surface area contributed by atoms with Crippen LogP contribution in [0.25, 0.3) is 0 Å². The Morgan fingerprint density at radius 1 is 1.00 bits per heavy atom. The second kappa shape index (κ2) is 9.83. The van der Waals surface area contributed by atoms with Gasteiger partial charge in [0.15, 0.2) is 0 Å². The molecule has 5 heteroatoms. The predicted molar refractivity (Wildman–Crippen MR) is 139 cm³/mol. The van der Waals surface area contributed by atoms with Crippen LogP contribution >= 0.6 is 0 Å². The number of hydrogen-bond donors (Lipinski definition) is 1. The number of carbonyl (C=O) groups is 1. The highest BCUT2D eigenvalue weighted by Crippen LogP contribution is 2.49. The van der Waals surface area contributed by atoms with E-state index in [1.807, 2.05) is 84.9 Å². The average Bonchev–Trinajstić information content (AvgIpc) is 3.53. The van der Waals surface area contributed by atoms with Gasteiger partial charge in [-0.25, -0.2) is 9.13 Å². The van der Waals surface area contributed by atoms with E-state index in [9.17, 15) is 4.79 Å². The highest BCUT2D eigenvalue weighted by molar-refractivity contribution is 5.91. The minimum atomic E-state index is -0.864. The van der Waals surface area contributed by atoms with Crippen LogP contribution in [0.15, 0.2) is 97.3 Å². The normalized spacial score (nSPS) is 17.6. The maximum Gasteiger partial charge on any atom is 0.253 e. The van der Waals surface area contributed by atoms with Crippen molar-refractivity contribution in [2.24, 2.45) is 11.7 Å². The van der Waals surface area contributed by atoms with Crippen molar-refractivity contribution < 1.29 is 9.36 Å². The lowest BCUT2D eigenvalue weighted by Crippen LogP contribution is -2.47. The van der Waals surface area contributed by atoms with Crippen molar-refractivity contribution in [3.8, 4) is 6.07 Å². The molecular weight excluding hydrogens is 444 g/mol. The summed E-state index contributed by atoms with van der Waals surface area (Å²) in [6.07, 6.45) is 7.06. The van der Waals surface area contributed by atoms with Crippen LogP contribution in [0.1, 0.15) is 53.4 Å². The monoisotopic (exact) mass is 475 g/mol. The molecule has 2 N–H and O–H groups in total. The summed E-state index contributed by atoms with van der Waals surface area (Å²) >= 11 is 0. The molecule has 3 aromatic carbocycles. The van der Waals surface area contributed by atoms with Crippen molar-refractivity contribution >= 4 is 5.91 Å². The molecule has 1 aliphatic rings. The fraction of sp³-hybridized carbons (Fsp3) is 0.258. The van der Waals surface area contributed by atoms with Gasteiger partial charge in [-0.2, -0.15) is 5.26 Å². The fourth-order valence-corrected chi connectivity index (χ4v) is 6.08. The molecule has 5 rings (SSSR count). The van der Waals surface area contributed by atoms with Crippen molar-refractivity contribution in [3.63, 3.8) is 0 Å². The molecule has 0 bridgehead atoms. The van der Waals surface area contributed by atoms with E-state index in [0.717, 1.165) is 42.5 Å².